The maximum atomic E-state index is 12.1. The summed E-state index contributed by atoms with van der Waals surface area (Å²) in [4.78, 5) is 12.1. The Kier molecular flexibility index (Phi) is 6.70. The van der Waals surface area contributed by atoms with E-state index in [4.69, 9.17) is 27.9 Å². The third-order valence-electron chi connectivity index (χ3n) is 3.26. The molecule has 0 aliphatic carbocycles. The summed E-state index contributed by atoms with van der Waals surface area (Å²) in [5.74, 6) is 0.0467. The second-order valence-electron chi connectivity index (χ2n) is 4.97. The van der Waals surface area contributed by atoms with Crippen LogP contribution in [0.2, 0.25) is 10.0 Å². The van der Waals surface area contributed by atoms with Crippen LogP contribution >= 0.6 is 23.2 Å². The van der Waals surface area contributed by atoms with Gasteiger partial charge in [-0.2, -0.15) is 5.26 Å². The van der Waals surface area contributed by atoms with Gasteiger partial charge >= 0.3 is 0 Å². The zero-order chi connectivity index (χ0) is 18.2. The van der Waals surface area contributed by atoms with Gasteiger partial charge in [0.2, 0.25) is 0 Å². The minimum atomic E-state index is -0.494. The van der Waals surface area contributed by atoms with Crippen molar-refractivity contribution in [2.45, 2.75) is 6.54 Å². The molecule has 5 nitrogen and oxygen atoms in total. The van der Waals surface area contributed by atoms with Gasteiger partial charge in [0.15, 0.2) is 0 Å². The minimum absolute atomic E-state index is 0.0732. The van der Waals surface area contributed by atoms with E-state index in [0.717, 1.165) is 5.56 Å². The average Bonchev–Trinajstić information content (AvgIpc) is 2.62. The van der Waals surface area contributed by atoms with Gasteiger partial charge in [0.25, 0.3) is 5.91 Å². The molecule has 2 aromatic rings. The van der Waals surface area contributed by atoms with Crippen molar-refractivity contribution in [1.82, 2.24) is 5.32 Å². The molecular weight excluding hydrogens is 361 g/mol. The van der Waals surface area contributed by atoms with E-state index in [2.05, 4.69) is 10.6 Å². The number of anilines is 1. The molecule has 0 unspecified atom stereocenters. The Balaban J connectivity index is 2.04. The number of carbonyl (C=O) groups is 1. The van der Waals surface area contributed by atoms with E-state index in [1.165, 1.54) is 13.3 Å². The average molecular weight is 376 g/mol. The number of ether oxygens (including phenoxy) is 1. The van der Waals surface area contributed by atoms with Crippen molar-refractivity contribution in [3.8, 4) is 11.8 Å². The molecule has 0 fully saturated rings. The highest BCUT2D eigenvalue weighted by Crippen LogP contribution is 2.27. The van der Waals surface area contributed by atoms with Crippen LogP contribution in [0.4, 0.5) is 5.69 Å². The van der Waals surface area contributed by atoms with Crippen LogP contribution in [0.15, 0.2) is 54.2 Å². The predicted octanol–water partition coefficient (Wildman–Crippen LogP) is 4.14. The first kappa shape index (κ1) is 18.7. The van der Waals surface area contributed by atoms with Gasteiger partial charge in [0.1, 0.15) is 17.4 Å². The number of hydrogen-bond donors (Lipinski definition) is 2. The van der Waals surface area contributed by atoms with Crippen molar-refractivity contribution in [3.05, 3.63) is 69.8 Å². The number of rotatable bonds is 6. The van der Waals surface area contributed by atoms with Gasteiger partial charge in [-0.05, 0) is 35.9 Å². The Morgan fingerprint density at radius 2 is 1.88 bits per heavy atom. The van der Waals surface area contributed by atoms with E-state index in [1.54, 1.807) is 42.5 Å². The van der Waals surface area contributed by atoms with E-state index >= 15 is 0 Å². The third kappa shape index (κ3) is 5.42. The monoisotopic (exact) mass is 375 g/mol. The molecule has 0 aliphatic heterocycles. The van der Waals surface area contributed by atoms with E-state index in [1.807, 2.05) is 6.07 Å². The number of amides is 1. The van der Waals surface area contributed by atoms with Gasteiger partial charge < -0.3 is 15.4 Å². The number of nitrogens with zero attached hydrogens (tertiary/aromatic N) is 1. The first-order chi connectivity index (χ1) is 12.0. The second-order valence-corrected chi connectivity index (χ2v) is 5.84. The molecule has 0 atom stereocenters. The van der Waals surface area contributed by atoms with Crippen molar-refractivity contribution in [2.24, 2.45) is 0 Å². The minimum Gasteiger partial charge on any atom is -0.495 e. The summed E-state index contributed by atoms with van der Waals surface area (Å²) in [5, 5.41) is 15.9. The standard InChI is InChI=1S/C18H15Cl2N3O2/c1-25-17-7-6-15(20)8-16(17)22-11-13(9-21)18(24)23-10-12-2-4-14(19)5-3-12/h2-8,11,22H,10H2,1H3,(H,23,24)/b13-11-. The van der Waals surface area contributed by atoms with Crippen LogP contribution in [-0.4, -0.2) is 13.0 Å². The molecule has 2 rings (SSSR count). The largest absolute Gasteiger partial charge is 0.495 e. The van der Waals surface area contributed by atoms with Crippen molar-refractivity contribution < 1.29 is 9.53 Å². The molecule has 25 heavy (non-hydrogen) atoms. The fourth-order valence-electron chi connectivity index (χ4n) is 1.97. The van der Waals surface area contributed by atoms with Crippen LogP contribution in [0.1, 0.15) is 5.56 Å². The molecule has 1 amide bonds. The Bertz CT molecular complexity index is 827. The van der Waals surface area contributed by atoms with Crippen LogP contribution in [0.25, 0.3) is 0 Å². The quantitative estimate of drug-likeness (QED) is 0.587. The second kappa shape index (κ2) is 8.97. The van der Waals surface area contributed by atoms with Gasteiger partial charge in [-0.3, -0.25) is 4.79 Å². The Morgan fingerprint density at radius 1 is 1.20 bits per heavy atom. The van der Waals surface area contributed by atoms with Crippen LogP contribution in [-0.2, 0) is 11.3 Å². The zero-order valence-electron chi connectivity index (χ0n) is 13.3. The smallest absolute Gasteiger partial charge is 0.263 e. The molecular formula is C18H15Cl2N3O2. The number of benzene rings is 2. The molecule has 128 valence electrons. The number of nitriles is 1. The SMILES string of the molecule is COc1ccc(Cl)cc1N/C=C(/C#N)C(=O)NCc1ccc(Cl)cc1. The lowest BCUT2D eigenvalue weighted by Gasteiger charge is -2.09. The fourth-order valence-corrected chi connectivity index (χ4v) is 2.27. The van der Waals surface area contributed by atoms with Gasteiger partial charge in [0.05, 0.1) is 12.8 Å². The summed E-state index contributed by atoms with van der Waals surface area (Å²) in [6.45, 7) is 0.287. The molecule has 0 saturated carbocycles. The third-order valence-corrected chi connectivity index (χ3v) is 3.75. The molecule has 0 radical (unpaired) electrons. The number of hydrogen-bond acceptors (Lipinski definition) is 4. The summed E-state index contributed by atoms with van der Waals surface area (Å²) in [6, 6.07) is 13.9. The van der Waals surface area contributed by atoms with Crippen molar-refractivity contribution in [2.75, 3.05) is 12.4 Å². The van der Waals surface area contributed by atoms with Crippen LogP contribution in [0, 0.1) is 11.3 Å². The predicted molar refractivity (Wildman–Crippen MR) is 98.6 cm³/mol. The maximum Gasteiger partial charge on any atom is 0.263 e. The van der Waals surface area contributed by atoms with Crippen molar-refractivity contribution >= 4 is 34.8 Å². The summed E-state index contributed by atoms with van der Waals surface area (Å²) in [5.41, 5.74) is 1.35. The van der Waals surface area contributed by atoms with E-state index in [0.29, 0.717) is 21.5 Å². The van der Waals surface area contributed by atoms with Crippen molar-refractivity contribution in [1.29, 1.82) is 5.26 Å². The molecule has 0 aromatic heterocycles. The lowest BCUT2D eigenvalue weighted by atomic mass is 10.2. The number of carbonyl (C=O) groups excluding carboxylic acids is 1. The van der Waals surface area contributed by atoms with Gasteiger partial charge in [-0.1, -0.05) is 35.3 Å². The van der Waals surface area contributed by atoms with E-state index in [9.17, 15) is 10.1 Å². The molecule has 0 bridgehead atoms. The van der Waals surface area contributed by atoms with Crippen molar-refractivity contribution in [3.63, 3.8) is 0 Å². The highest BCUT2D eigenvalue weighted by molar-refractivity contribution is 6.31. The van der Waals surface area contributed by atoms with Crippen LogP contribution in [0.5, 0.6) is 5.75 Å². The topological polar surface area (TPSA) is 74.1 Å². The Morgan fingerprint density at radius 3 is 2.52 bits per heavy atom. The molecule has 0 heterocycles. The van der Waals surface area contributed by atoms with E-state index in [-0.39, 0.29) is 12.1 Å². The molecule has 7 heteroatoms. The molecule has 0 spiro atoms. The van der Waals surface area contributed by atoms with Gasteiger partial charge in [-0.15, -0.1) is 0 Å². The normalized spacial score (nSPS) is 10.7. The van der Waals surface area contributed by atoms with Gasteiger partial charge in [0, 0.05) is 22.8 Å². The maximum absolute atomic E-state index is 12.1. The summed E-state index contributed by atoms with van der Waals surface area (Å²) in [6.07, 6.45) is 1.31. The Labute approximate surface area is 155 Å². The number of halogens is 2. The Hall–Kier alpha value is -2.68. The molecule has 2 N–H and O–H groups in total. The summed E-state index contributed by atoms with van der Waals surface area (Å²) >= 11 is 11.8. The lowest BCUT2D eigenvalue weighted by Crippen LogP contribution is -2.24. The highest BCUT2D eigenvalue weighted by atomic mass is 35.5. The zero-order valence-corrected chi connectivity index (χ0v) is 14.9. The molecule has 0 aliphatic rings. The molecule has 2 aromatic carbocycles. The van der Waals surface area contributed by atoms with Gasteiger partial charge in [-0.25, -0.2) is 0 Å². The summed E-state index contributed by atoms with van der Waals surface area (Å²) < 4.78 is 5.20. The van der Waals surface area contributed by atoms with Crippen LogP contribution < -0.4 is 15.4 Å². The van der Waals surface area contributed by atoms with E-state index < -0.39 is 5.91 Å². The first-order valence-corrected chi connectivity index (χ1v) is 8.02. The fraction of sp³-hybridized carbons (Fsp3) is 0.111. The highest BCUT2D eigenvalue weighted by Gasteiger charge is 2.09. The summed E-state index contributed by atoms with van der Waals surface area (Å²) in [7, 11) is 1.52. The first-order valence-electron chi connectivity index (χ1n) is 7.26. The lowest BCUT2D eigenvalue weighted by molar-refractivity contribution is -0.117. The number of methoxy groups -OCH3 is 1. The number of nitrogens with one attached hydrogen (secondary N) is 2. The van der Waals surface area contributed by atoms with Crippen LogP contribution in [0.3, 0.4) is 0 Å². The molecule has 0 saturated heterocycles.